The van der Waals surface area contributed by atoms with Crippen LogP contribution in [0.3, 0.4) is 0 Å². The van der Waals surface area contributed by atoms with Crippen LogP contribution in [0, 0.1) is 6.92 Å². The van der Waals surface area contributed by atoms with E-state index in [4.69, 9.17) is 20.9 Å². The molecule has 1 N–H and O–H groups in total. The Morgan fingerprint density at radius 2 is 2.04 bits per heavy atom. The van der Waals surface area contributed by atoms with Crippen LogP contribution in [0.2, 0.25) is 5.02 Å². The van der Waals surface area contributed by atoms with E-state index in [9.17, 15) is 9.59 Å². The van der Waals surface area contributed by atoms with Crippen LogP contribution < -0.4 is 5.32 Å². The van der Waals surface area contributed by atoms with Gasteiger partial charge in [0.05, 0.1) is 12.5 Å². The van der Waals surface area contributed by atoms with Crippen LogP contribution in [0.25, 0.3) is 0 Å². The van der Waals surface area contributed by atoms with Gasteiger partial charge < -0.3 is 14.6 Å². The SMILES string of the molecule is CC(=O)NC(CC(=O)OCc1cc(C)on1)c1ccc(Cl)cc1. The second kappa shape index (κ2) is 7.78. The number of benzene rings is 1. The molecular weight excluding hydrogens is 320 g/mol. The van der Waals surface area contributed by atoms with Gasteiger partial charge in [-0.25, -0.2) is 0 Å². The maximum absolute atomic E-state index is 12.0. The van der Waals surface area contributed by atoms with Crippen LogP contribution in [0.5, 0.6) is 0 Å². The highest BCUT2D eigenvalue weighted by atomic mass is 35.5. The van der Waals surface area contributed by atoms with Crippen molar-refractivity contribution in [3.8, 4) is 0 Å². The second-order valence-electron chi connectivity index (χ2n) is 5.10. The van der Waals surface area contributed by atoms with Crippen molar-refractivity contribution in [3.05, 3.63) is 52.4 Å². The number of carbonyl (C=O) groups excluding carboxylic acids is 2. The Hall–Kier alpha value is -2.34. The molecule has 0 aliphatic heterocycles. The summed E-state index contributed by atoms with van der Waals surface area (Å²) in [5.41, 5.74) is 1.32. The predicted octanol–water partition coefficient (Wildman–Crippen LogP) is 2.95. The summed E-state index contributed by atoms with van der Waals surface area (Å²) in [5.74, 6) is -0.0300. The molecule has 6 nitrogen and oxygen atoms in total. The quantitative estimate of drug-likeness (QED) is 0.820. The van der Waals surface area contributed by atoms with Crippen LogP contribution in [-0.4, -0.2) is 17.0 Å². The number of hydrogen-bond acceptors (Lipinski definition) is 5. The summed E-state index contributed by atoms with van der Waals surface area (Å²) in [5, 5.41) is 7.06. The van der Waals surface area contributed by atoms with Gasteiger partial charge in [-0.15, -0.1) is 0 Å². The van der Waals surface area contributed by atoms with E-state index in [1.54, 1.807) is 37.3 Å². The van der Waals surface area contributed by atoms with E-state index < -0.39 is 12.0 Å². The average Bonchev–Trinajstić information content (AvgIpc) is 2.90. The molecular formula is C16H17ClN2O4. The summed E-state index contributed by atoms with van der Waals surface area (Å²) < 4.78 is 10.1. The molecule has 0 radical (unpaired) electrons. The van der Waals surface area contributed by atoms with Gasteiger partial charge in [-0.05, 0) is 24.6 Å². The van der Waals surface area contributed by atoms with Crippen molar-refractivity contribution in [2.75, 3.05) is 0 Å². The molecule has 0 saturated heterocycles. The number of amides is 1. The van der Waals surface area contributed by atoms with Crippen molar-refractivity contribution in [1.82, 2.24) is 10.5 Å². The number of ether oxygens (including phenoxy) is 1. The molecule has 2 aromatic rings. The molecule has 1 unspecified atom stereocenters. The van der Waals surface area contributed by atoms with Gasteiger partial charge in [0, 0.05) is 18.0 Å². The highest BCUT2D eigenvalue weighted by Crippen LogP contribution is 2.20. The number of halogens is 1. The minimum atomic E-state index is -0.476. The molecule has 0 spiro atoms. The lowest BCUT2D eigenvalue weighted by atomic mass is 10.0. The largest absolute Gasteiger partial charge is 0.459 e. The number of hydrogen-bond donors (Lipinski definition) is 1. The molecule has 1 amide bonds. The third kappa shape index (κ3) is 5.41. The monoisotopic (exact) mass is 336 g/mol. The average molecular weight is 337 g/mol. The van der Waals surface area contributed by atoms with Gasteiger partial charge in [-0.1, -0.05) is 28.9 Å². The zero-order valence-corrected chi connectivity index (χ0v) is 13.6. The lowest BCUT2D eigenvalue weighted by Gasteiger charge is -2.17. The standard InChI is InChI=1S/C16H17ClN2O4/c1-10-7-14(19-23-10)9-22-16(21)8-15(18-11(2)20)12-3-5-13(17)6-4-12/h3-7,15H,8-9H2,1-2H3,(H,18,20). The summed E-state index contributed by atoms with van der Waals surface area (Å²) in [6, 6.07) is 8.15. The summed E-state index contributed by atoms with van der Waals surface area (Å²) in [7, 11) is 0. The van der Waals surface area contributed by atoms with Crippen molar-refractivity contribution in [1.29, 1.82) is 0 Å². The Bertz CT molecular complexity index is 682. The molecule has 2 rings (SSSR count). The molecule has 0 fully saturated rings. The van der Waals surface area contributed by atoms with Crippen LogP contribution in [-0.2, 0) is 20.9 Å². The zero-order chi connectivity index (χ0) is 16.8. The van der Waals surface area contributed by atoms with Gasteiger partial charge >= 0.3 is 5.97 Å². The first-order chi connectivity index (χ1) is 10.9. The van der Waals surface area contributed by atoms with Crippen molar-refractivity contribution in [2.45, 2.75) is 32.9 Å². The maximum Gasteiger partial charge on any atom is 0.308 e. The summed E-state index contributed by atoms with van der Waals surface area (Å²) in [6.45, 7) is 3.18. The van der Waals surface area contributed by atoms with Gasteiger partial charge in [-0.2, -0.15) is 0 Å². The summed E-state index contributed by atoms with van der Waals surface area (Å²) >= 11 is 5.85. The minimum absolute atomic E-state index is 0.0120. The molecule has 1 aromatic carbocycles. The number of carbonyl (C=O) groups is 2. The second-order valence-corrected chi connectivity index (χ2v) is 5.53. The minimum Gasteiger partial charge on any atom is -0.459 e. The van der Waals surface area contributed by atoms with E-state index in [2.05, 4.69) is 10.5 Å². The Kier molecular flexibility index (Phi) is 5.76. The Morgan fingerprint density at radius 3 is 2.61 bits per heavy atom. The van der Waals surface area contributed by atoms with Crippen molar-refractivity contribution in [3.63, 3.8) is 0 Å². The number of nitrogens with zero attached hydrogens (tertiary/aromatic N) is 1. The molecule has 0 saturated carbocycles. The van der Waals surface area contributed by atoms with Crippen LogP contribution in [0.4, 0.5) is 0 Å². The molecule has 7 heteroatoms. The van der Waals surface area contributed by atoms with Gasteiger partial charge in [-0.3, -0.25) is 9.59 Å². The fourth-order valence-electron chi connectivity index (χ4n) is 2.06. The normalized spacial score (nSPS) is 11.8. The van der Waals surface area contributed by atoms with E-state index >= 15 is 0 Å². The lowest BCUT2D eigenvalue weighted by molar-refractivity contribution is -0.145. The van der Waals surface area contributed by atoms with Crippen molar-refractivity contribution < 1.29 is 18.8 Å². The first-order valence-corrected chi connectivity index (χ1v) is 7.42. The zero-order valence-electron chi connectivity index (χ0n) is 12.8. The summed E-state index contributed by atoms with van der Waals surface area (Å²) in [4.78, 5) is 23.3. The third-order valence-corrected chi connectivity index (χ3v) is 3.33. The van der Waals surface area contributed by atoms with E-state index in [1.165, 1.54) is 6.92 Å². The molecule has 1 heterocycles. The van der Waals surface area contributed by atoms with E-state index in [0.29, 0.717) is 16.5 Å². The van der Waals surface area contributed by atoms with Gasteiger partial charge in [0.25, 0.3) is 0 Å². The van der Waals surface area contributed by atoms with Gasteiger partial charge in [0.2, 0.25) is 5.91 Å². The number of esters is 1. The number of rotatable bonds is 6. The molecule has 1 aromatic heterocycles. The molecule has 23 heavy (non-hydrogen) atoms. The number of aromatic nitrogens is 1. The predicted molar refractivity (Wildman–Crippen MR) is 83.7 cm³/mol. The first kappa shape index (κ1) is 17.0. The topological polar surface area (TPSA) is 81.4 Å². The molecule has 1 atom stereocenters. The number of nitrogens with one attached hydrogen (secondary N) is 1. The lowest BCUT2D eigenvalue weighted by Crippen LogP contribution is -2.28. The first-order valence-electron chi connectivity index (χ1n) is 7.04. The Morgan fingerprint density at radius 1 is 1.35 bits per heavy atom. The fourth-order valence-corrected chi connectivity index (χ4v) is 2.18. The fraction of sp³-hybridized carbons (Fsp3) is 0.312. The molecule has 122 valence electrons. The van der Waals surface area contributed by atoms with Crippen LogP contribution in [0.15, 0.2) is 34.9 Å². The van der Waals surface area contributed by atoms with Gasteiger partial charge in [0.1, 0.15) is 18.1 Å². The Balaban J connectivity index is 1.97. The van der Waals surface area contributed by atoms with Gasteiger partial charge in [0.15, 0.2) is 0 Å². The summed E-state index contributed by atoms with van der Waals surface area (Å²) in [6.07, 6.45) is 0.0120. The highest BCUT2D eigenvalue weighted by Gasteiger charge is 2.18. The number of aryl methyl sites for hydroxylation is 1. The maximum atomic E-state index is 12.0. The van der Waals surface area contributed by atoms with E-state index in [1.807, 2.05) is 0 Å². The molecule has 0 aliphatic rings. The third-order valence-electron chi connectivity index (χ3n) is 3.08. The van der Waals surface area contributed by atoms with Crippen molar-refractivity contribution >= 4 is 23.5 Å². The van der Waals surface area contributed by atoms with Crippen LogP contribution >= 0.6 is 11.6 Å². The molecule has 0 bridgehead atoms. The Labute approximate surface area is 138 Å². The molecule has 0 aliphatic carbocycles. The van der Waals surface area contributed by atoms with E-state index in [0.717, 1.165) is 5.56 Å². The van der Waals surface area contributed by atoms with Crippen molar-refractivity contribution in [2.24, 2.45) is 0 Å². The van der Waals surface area contributed by atoms with E-state index in [-0.39, 0.29) is 18.9 Å². The van der Waals surface area contributed by atoms with Crippen LogP contribution in [0.1, 0.15) is 36.4 Å². The highest BCUT2D eigenvalue weighted by molar-refractivity contribution is 6.30. The smallest absolute Gasteiger partial charge is 0.308 e.